The molecule has 18 heavy (non-hydrogen) atoms. The standard InChI is InChI=1S/C13H22N4O/c1-16(11-6-4-3-5-10(11)9-14)13(18)12-7-8-15-17(12)2/h7-8,10-11H,3-6,9,14H2,1-2H3. The topological polar surface area (TPSA) is 64.2 Å². The maximum Gasteiger partial charge on any atom is 0.272 e. The summed E-state index contributed by atoms with van der Waals surface area (Å²) in [4.78, 5) is 14.3. The highest BCUT2D eigenvalue weighted by Gasteiger charge is 2.31. The van der Waals surface area contributed by atoms with Crippen molar-refractivity contribution in [2.45, 2.75) is 31.7 Å². The molecule has 0 spiro atoms. The quantitative estimate of drug-likeness (QED) is 0.870. The van der Waals surface area contributed by atoms with Gasteiger partial charge in [-0.1, -0.05) is 12.8 Å². The number of carbonyl (C=O) groups is 1. The average Bonchev–Trinajstić information content (AvgIpc) is 2.83. The Morgan fingerprint density at radius 3 is 2.89 bits per heavy atom. The third-order valence-corrected chi connectivity index (χ3v) is 4.03. The second kappa shape index (κ2) is 5.52. The van der Waals surface area contributed by atoms with Crippen molar-refractivity contribution in [1.82, 2.24) is 14.7 Å². The van der Waals surface area contributed by atoms with Gasteiger partial charge >= 0.3 is 0 Å². The van der Waals surface area contributed by atoms with Crippen LogP contribution >= 0.6 is 0 Å². The van der Waals surface area contributed by atoms with Crippen LogP contribution in [0.25, 0.3) is 0 Å². The van der Waals surface area contributed by atoms with Gasteiger partial charge in [-0.05, 0) is 31.4 Å². The number of hydrogen-bond donors (Lipinski definition) is 1. The van der Waals surface area contributed by atoms with Crippen molar-refractivity contribution in [3.63, 3.8) is 0 Å². The molecule has 0 saturated heterocycles. The minimum atomic E-state index is 0.0420. The fourth-order valence-corrected chi connectivity index (χ4v) is 2.89. The molecule has 5 nitrogen and oxygen atoms in total. The fraction of sp³-hybridized carbons (Fsp3) is 0.692. The van der Waals surface area contributed by atoms with E-state index in [1.807, 2.05) is 11.9 Å². The number of hydrogen-bond acceptors (Lipinski definition) is 3. The first-order chi connectivity index (χ1) is 8.65. The Hall–Kier alpha value is -1.36. The summed E-state index contributed by atoms with van der Waals surface area (Å²) < 4.78 is 1.62. The maximum absolute atomic E-state index is 12.4. The zero-order valence-electron chi connectivity index (χ0n) is 11.2. The zero-order chi connectivity index (χ0) is 13.1. The van der Waals surface area contributed by atoms with Crippen LogP contribution in [0.3, 0.4) is 0 Å². The minimum absolute atomic E-state index is 0.0420. The minimum Gasteiger partial charge on any atom is -0.337 e. The van der Waals surface area contributed by atoms with Crippen LogP contribution in [-0.2, 0) is 7.05 Å². The van der Waals surface area contributed by atoms with Crippen molar-refractivity contribution < 1.29 is 4.79 Å². The van der Waals surface area contributed by atoms with Crippen molar-refractivity contribution in [2.75, 3.05) is 13.6 Å². The number of nitrogens with two attached hydrogens (primary N) is 1. The second-order valence-corrected chi connectivity index (χ2v) is 5.10. The molecule has 1 aliphatic carbocycles. The van der Waals surface area contributed by atoms with Gasteiger partial charge < -0.3 is 10.6 Å². The van der Waals surface area contributed by atoms with Crippen LogP contribution in [-0.4, -0.2) is 40.2 Å². The van der Waals surface area contributed by atoms with Crippen LogP contribution in [0.2, 0.25) is 0 Å². The summed E-state index contributed by atoms with van der Waals surface area (Å²) in [6.45, 7) is 0.660. The Balaban J connectivity index is 2.12. The molecule has 0 bridgehead atoms. The predicted octanol–water partition coefficient (Wildman–Crippen LogP) is 1.01. The van der Waals surface area contributed by atoms with Crippen molar-refractivity contribution >= 4 is 5.91 Å². The molecule has 1 saturated carbocycles. The van der Waals surface area contributed by atoms with Gasteiger partial charge in [0, 0.05) is 26.3 Å². The van der Waals surface area contributed by atoms with Crippen LogP contribution in [0, 0.1) is 5.92 Å². The van der Waals surface area contributed by atoms with Crippen LogP contribution in [0.1, 0.15) is 36.2 Å². The first-order valence-electron chi connectivity index (χ1n) is 6.60. The Labute approximate surface area is 108 Å². The molecule has 1 heterocycles. The molecule has 2 rings (SSSR count). The van der Waals surface area contributed by atoms with Gasteiger partial charge in [0.25, 0.3) is 5.91 Å². The lowest BCUT2D eigenvalue weighted by molar-refractivity contribution is 0.0609. The smallest absolute Gasteiger partial charge is 0.272 e. The molecule has 1 fully saturated rings. The van der Waals surface area contributed by atoms with E-state index in [0.29, 0.717) is 18.2 Å². The first kappa shape index (κ1) is 13.1. The van der Waals surface area contributed by atoms with Crippen molar-refractivity contribution in [3.05, 3.63) is 18.0 Å². The molecule has 0 radical (unpaired) electrons. The van der Waals surface area contributed by atoms with Gasteiger partial charge in [0.2, 0.25) is 0 Å². The Kier molecular flexibility index (Phi) is 4.01. The van der Waals surface area contributed by atoms with E-state index in [4.69, 9.17) is 5.73 Å². The van der Waals surface area contributed by atoms with Crippen molar-refractivity contribution in [1.29, 1.82) is 0 Å². The largest absolute Gasteiger partial charge is 0.337 e. The van der Waals surface area contributed by atoms with Crippen LogP contribution in [0.15, 0.2) is 12.3 Å². The lowest BCUT2D eigenvalue weighted by Gasteiger charge is -2.37. The molecule has 1 amide bonds. The third-order valence-electron chi connectivity index (χ3n) is 4.03. The summed E-state index contributed by atoms with van der Waals surface area (Å²) in [6.07, 6.45) is 6.25. The van der Waals surface area contributed by atoms with Gasteiger partial charge in [-0.2, -0.15) is 5.10 Å². The van der Waals surface area contributed by atoms with Gasteiger partial charge in [0.15, 0.2) is 0 Å². The van der Waals surface area contributed by atoms with Gasteiger partial charge in [-0.3, -0.25) is 9.48 Å². The van der Waals surface area contributed by atoms with E-state index >= 15 is 0 Å². The molecule has 1 aromatic heterocycles. The highest BCUT2D eigenvalue weighted by Crippen LogP contribution is 2.27. The molecule has 2 unspecified atom stereocenters. The number of nitrogens with zero attached hydrogens (tertiary/aromatic N) is 3. The van der Waals surface area contributed by atoms with E-state index in [0.717, 1.165) is 12.8 Å². The van der Waals surface area contributed by atoms with Crippen molar-refractivity contribution in [2.24, 2.45) is 18.7 Å². The molecular formula is C13H22N4O. The number of aromatic nitrogens is 2. The third kappa shape index (κ3) is 2.41. The van der Waals surface area contributed by atoms with E-state index in [1.54, 1.807) is 24.0 Å². The van der Waals surface area contributed by atoms with Gasteiger partial charge in [-0.25, -0.2) is 0 Å². The Morgan fingerprint density at radius 1 is 1.56 bits per heavy atom. The molecule has 0 aliphatic heterocycles. The number of carbonyl (C=O) groups excluding carboxylic acids is 1. The van der Waals surface area contributed by atoms with Gasteiger partial charge in [0.1, 0.15) is 5.69 Å². The van der Waals surface area contributed by atoms with E-state index in [2.05, 4.69) is 5.10 Å². The average molecular weight is 250 g/mol. The second-order valence-electron chi connectivity index (χ2n) is 5.10. The van der Waals surface area contributed by atoms with Gasteiger partial charge in [-0.15, -0.1) is 0 Å². The summed E-state index contributed by atoms with van der Waals surface area (Å²) in [5, 5.41) is 4.05. The van der Waals surface area contributed by atoms with Crippen LogP contribution in [0.4, 0.5) is 0 Å². The van der Waals surface area contributed by atoms with Crippen LogP contribution < -0.4 is 5.73 Å². The summed E-state index contributed by atoms with van der Waals surface area (Å²) in [7, 11) is 3.68. The Bertz CT molecular complexity index is 415. The predicted molar refractivity (Wildman–Crippen MR) is 70.1 cm³/mol. The van der Waals surface area contributed by atoms with E-state index in [9.17, 15) is 4.79 Å². The summed E-state index contributed by atoms with van der Waals surface area (Å²) >= 11 is 0. The monoisotopic (exact) mass is 250 g/mol. The molecule has 2 N–H and O–H groups in total. The molecule has 5 heteroatoms. The molecule has 0 aromatic carbocycles. The normalized spacial score (nSPS) is 23.9. The fourth-order valence-electron chi connectivity index (χ4n) is 2.89. The number of aryl methyl sites for hydroxylation is 1. The SMILES string of the molecule is CN(C(=O)c1ccnn1C)C1CCCCC1CN. The zero-order valence-corrected chi connectivity index (χ0v) is 11.2. The molecular weight excluding hydrogens is 228 g/mol. The Morgan fingerprint density at radius 2 is 2.28 bits per heavy atom. The van der Waals surface area contributed by atoms with Crippen LogP contribution in [0.5, 0.6) is 0 Å². The summed E-state index contributed by atoms with van der Waals surface area (Å²) in [6, 6.07) is 2.03. The number of amides is 1. The highest BCUT2D eigenvalue weighted by atomic mass is 16.2. The summed E-state index contributed by atoms with van der Waals surface area (Å²) in [5.74, 6) is 0.473. The molecule has 1 aromatic rings. The lowest BCUT2D eigenvalue weighted by atomic mass is 9.83. The van der Waals surface area contributed by atoms with E-state index in [1.165, 1.54) is 12.8 Å². The van der Waals surface area contributed by atoms with Gasteiger partial charge in [0.05, 0.1) is 0 Å². The maximum atomic E-state index is 12.4. The molecule has 2 atom stereocenters. The molecule has 1 aliphatic rings. The molecule has 100 valence electrons. The highest BCUT2D eigenvalue weighted by molar-refractivity contribution is 5.92. The van der Waals surface area contributed by atoms with E-state index in [-0.39, 0.29) is 11.9 Å². The van der Waals surface area contributed by atoms with Crippen molar-refractivity contribution in [3.8, 4) is 0 Å². The lowest BCUT2D eigenvalue weighted by Crippen LogP contribution is -2.46. The van der Waals surface area contributed by atoms with E-state index < -0.39 is 0 Å². The summed E-state index contributed by atoms with van der Waals surface area (Å²) in [5.41, 5.74) is 6.46. The number of rotatable bonds is 3. The first-order valence-corrected chi connectivity index (χ1v) is 6.60.